The Morgan fingerprint density at radius 3 is 2.52 bits per heavy atom. The Balaban J connectivity index is 1.51. The predicted octanol–water partition coefficient (Wildman–Crippen LogP) is 3.58. The summed E-state index contributed by atoms with van der Waals surface area (Å²) in [5, 5.41) is 2.41. The van der Waals surface area contributed by atoms with Crippen LogP contribution in [0.25, 0.3) is 0 Å². The molecule has 3 heterocycles. The van der Waals surface area contributed by atoms with Crippen LogP contribution < -0.4 is 10.2 Å². The molecule has 146 valence electrons. The third kappa shape index (κ3) is 2.65. The van der Waals surface area contributed by atoms with Gasteiger partial charge in [-0.3, -0.25) is 19.1 Å². The zero-order valence-electron chi connectivity index (χ0n) is 14.7. The first kappa shape index (κ1) is 18.2. The van der Waals surface area contributed by atoms with E-state index in [9.17, 15) is 18.4 Å². The molecule has 0 radical (unpaired) electrons. The van der Waals surface area contributed by atoms with Gasteiger partial charge in [-0.15, -0.1) is 0 Å². The third-order valence-corrected chi connectivity index (χ3v) is 5.81. The number of imidazole rings is 1. The van der Waals surface area contributed by atoms with Crippen LogP contribution in [0.4, 0.5) is 26.1 Å². The molecule has 1 saturated carbocycles. The lowest BCUT2D eigenvalue weighted by Gasteiger charge is -2.18. The number of fused-ring (bicyclic) bond motifs is 2. The van der Waals surface area contributed by atoms with Gasteiger partial charge in [0.2, 0.25) is 5.95 Å². The summed E-state index contributed by atoms with van der Waals surface area (Å²) in [5.41, 5.74) is -1.27. The Morgan fingerprint density at radius 2 is 1.90 bits per heavy atom. The Kier molecular flexibility index (Phi) is 3.95. The van der Waals surface area contributed by atoms with Crippen molar-refractivity contribution in [2.75, 3.05) is 10.2 Å². The molecule has 0 bridgehead atoms. The number of amides is 2. The van der Waals surface area contributed by atoms with E-state index in [1.54, 1.807) is 22.9 Å². The molecule has 0 atom stereocenters. The summed E-state index contributed by atoms with van der Waals surface area (Å²) in [4.78, 5) is 34.2. The lowest BCUT2D eigenvalue weighted by Crippen LogP contribution is -2.31. The Bertz CT molecular complexity index is 1150. The second-order valence-electron chi connectivity index (χ2n) is 6.85. The van der Waals surface area contributed by atoms with Crippen molar-refractivity contribution < 1.29 is 18.4 Å². The van der Waals surface area contributed by atoms with E-state index in [1.807, 2.05) is 22.6 Å². The molecule has 29 heavy (non-hydrogen) atoms. The zero-order chi connectivity index (χ0) is 20.3. The summed E-state index contributed by atoms with van der Waals surface area (Å²) in [5.74, 6) is -2.76. The van der Waals surface area contributed by atoms with Gasteiger partial charge in [-0.05, 0) is 59.7 Å². The number of aromatic nitrogens is 3. The normalized spacial score (nSPS) is 16.2. The zero-order valence-corrected chi connectivity index (χ0v) is 16.9. The van der Waals surface area contributed by atoms with E-state index in [0.717, 1.165) is 20.7 Å². The van der Waals surface area contributed by atoms with Crippen LogP contribution >= 0.6 is 22.6 Å². The molecule has 1 spiro atoms. The molecule has 7 nitrogen and oxygen atoms in total. The van der Waals surface area contributed by atoms with Gasteiger partial charge in [0, 0.05) is 11.9 Å². The Morgan fingerprint density at radius 1 is 1.17 bits per heavy atom. The molecular formula is C19H12F2IN5O2. The summed E-state index contributed by atoms with van der Waals surface area (Å²) in [6.07, 6.45) is 4.20. The number of hydrogen-bond donors (Lipinski definition) is 1. The van der Waals surface area contributed by atoms with Gasteiger partial charge in [0.15, 0.2) is 11.6 Å². The molecule has 1 fully saturated rings. The van der Waals surface area contributed by atoms with E-state index in [0.29, 0.717) is 12.8 Å². The molecule has 2 aromatic heterocycles. The first-order valence-electron chi connectivity index (χ1n) is 8.72. The maximum absolute atomic E-state index is 14.9. The lowest BCUT2D eigenvalue weighted by atomic mass is 10.2. The summed E-state index contributed by atoms with van der Waals surface area (Å²) in [6.45, 7) is 0. The van der Waals surface area contributed by atoms with Crippen molar-refractivity contribution in [3.05, 3.63) is 63.8 Å². The van der Waals surface area contributed by atoms with Crippen molar-refractivity contribution in [2.45, 2.75) is 18.4 Å². The molecule has 0 saturated heterocycles. The van der Waals surface area contributed by atoms with Crippen molar-refractivity contribution in [3.63, 3.8) is 0 Å². The van der Waals surface area contributed by atoms with Crippen LogP contribution in [0.15, 0.2) is 42.7 Å². The minimum Gasteiger partial charge on any atom is -0.320 e. The largest absolute Gasteiger partial charge is 0.320 e. The van der Waals surface area contributed by atoms with Gasteiger partial charge >= 0.3 is 0 Å². The number of halogens is 3. The van der Waals surface area contributed by atoms with Gasteiger partial charge in [-0.25, -0.2) is 18.7 Å². The maximum Gasteiger partial charge on any atom is 0.274 e. The third-order valence-electron chi connectivity index (χ3n) is 5.05. The number of nitrogens with zero attached hydrogens (tertiary/aromatic N) is 4. The van der Waals surface area contributed by atoms with Gasteiger partial charge in [-0.1, -0.05) is 6.07 Å². The number of carbonyl (C=O) groups excluding carboxylic acids is 2. The van der Waals surface area contributed by atoms with E-state index in [1.165, 1.54) is 12.3 Å². The Hall–Kier alpha value is -2.89. The van der Waals surface area contributed by atoms with Crippen molar-refractivity contribution in [1.29, 1.82) is 0 Å². The van der Waals surface area contributed by atoms with Gasteiger partial charge < -0.3 is 5.32 Å². The second-order valence-corrected chi connectivity index (χ2v) is 7.95. The fourth-order valence-electron chi connectivity index (χ4n) is 3.57. The molecule has 0 unspecified atom stereocenters. The second kappa shape index (κ2) is 6.31. The molecule has 1 aliphatic heterocycles. The van der Waals surface area contributed by atoms with Crippen molar-refractivity contribution in [1.82, 2.24) is 14.5 Å². The number of benzene rings is 1. The molecule has 2 amide bonds. The smallest absolute Gasteiger partial charge is 0.274 e. The number of nitrogens with one attached hydrogen (secondary N) is 1. The van der Waals surface area contributed by atoms with Crippen LogP contribution in [0.5, 0.6) is 0 Å². The molecule has 5 rings (SSSR count). The number of hydrogen-bond acceptors (Lipinski definition) is 4. The van der Waals surface area contributed by atoms with Crippen LogP contribution in [0.3, 0.4) is 0 Å². The fraction of sp³-hybridized carbons (Fsp3) is 0.158. The van der Waals surface area contributed by atoms with Crippen LogP contribution in [-0.4, -0.2) is 26.3 Å². The van der Waals surface area contributed by atoms with Crippen LogP contribution in [0.1, 0.15) is 23.3 Å². The molecule has 3 aromatic rings. The van der Waals surface area contributed by atoms with Crippen LogP contribution in [-0.2, 0) is 10.3 Å². The maximum atomic E-state index is 14.9. The van der Waals surface area contributed by atoms with Crippen molar-refractivity contribution in [3.8, 4) is 0 Å². The average Bonchev–Trinajstić information content (AvgIpc) is 3.35. The molecule has 2 aliphatic rings. The van der Waals surface area contributed by atoms with Crippen molar-refractivity contribution in [2.24, 2.45) is 0 Å². The SMILES string of the molecule is O=C(Nc1cc(F)c(N2C(=O)C3(CC3)n3c(I)cnc32)c(F)c1)c1ccccn1. The number of pyridine rings is 1. The van der Waals surface area contributed by atoms with Gasteiger partial charge in [0.25, 0.3) is 11.8 Å². The molecule has 1 aromatic carbocycles. The number of carbonyl (C=O) groups is 2. The van der Waals surface area contributed by atoms with Gasteiger partial charge in [0.1, 0.15) is 20.6 Å². The number of anilines is 3. The summed E-state index contributed by atoms with van der Waals surface area (Å²) in [6, 6.07) is 6.71. The highest BCUT2D eigenvalue weighted by Crippen LogP contribution is 2.55. The monoisotopic (exact) mass is 507 g/mol. The van der Waals surface area contributed by atoms with Crippen LogP contribution in [0, 0.1) is 15.3 Å². The molecule has 10 heteroatoms. The first-order chi connectivity index (χ1) is 13.9. The average molecular weight is 507 g/mol. The molecule has 1 aliphatic carbocycles. The highest BCUT2D eigenvalue weighted by Gasteiger charge is 2.61. The summed E-state index contributed by atoms with van der Waals surface area (Å²) >= 11 is 2.05. The van der Waals surface area contributed by atoms with Gasteiger partial charge in [-0.2, -0.15) is 0 Å². The first-order valence-corrected chi connectivity index (χ1v) is 9.80. The van der Waals surface area contributed by atoms with E-state index < -0.39 is 34.7 Å². The fourth-order valence-corrected chi connectivity index (χ4v) is 4.39. The standard InChI is InChI=1S/C19H12F2IN5O2/c20-11-7-10(25-16(28)13-3-1-2-6-23-13)8-12(21)15(11)26-17(29)19(4-5-19)27-14(22)9-24-18(26)27/h1-3,6-9H,4-5H2,(H,25,28). The summed E-state index contributed by atoms with van der Waals surface area (Å²) < 4.78 is 32.3. The van der Waals surface area contributed by atoms with E-state index in [4.69, 9.17) is 0 Å². The molecule has 1 N–H and O–H groups in total. The van der Waals surface area contributed by atoms with Crippen LogP contribution in [0.2, 0.25) is 0 Å². The minimum atomic E-state index is -0.975. The van der Waals surface area contributed by atoms with E-state index in [2.05, 4.69) is 15.3 Å². The van der Waals surface area contributed by atoms with Crippen molar-refractivity contribution >= 4 is 51.7 Å². The lowest BCUT2D eigenvalue weighted by molar-refractivity contribution is -0.120. The quantitative estimate of drug-likeness (QED) is 0.550. The number of rotatable bonds is 3. The topological polar surface area (TPSA) is 80.1 Å². The highest BCUT2D eigenvalue weighted by atomic mass is 127. The summed E-state index contributed by atoms with van der Waals surface area (Å²) in [7, 11) is 0. The molecular weight excluding hydrogens is 495 g/mol. The minimum absolute atomic E-state index is 0.0786. The van der Waals surface area contributed by atoms with Gasteiger partial charge in [0.05, 0.1) is 6.20 Å². The highest BCUT2D eigenvalue weighted by molar-refractivity contribution is 14.1. The van der Waals surface area contributed by atoms with E-state index in [-0.39, 0.29) is 17.3 Å². The van der Waals surface area contributed by atoms with E-state index >= 15 is 0 Å². The Labute approximate surface area is 176 Å². The predicted molar refractivity (Wildman–Crippen MR) is 108 cm³/mol.